The van der Waals surface area contributed by atoms with Gasteiger partial charge in [-0.1, -0.05) is 17.7 Å². The van der Waals surface area contributed by atoms with Gasteiger partial charge in [0.1, 0.15) is 12.4 Å². The van der Waals surface area contributed by atoms with Gasteiger partial charge < -0.3 is 9.84 Å². The fourth-order valence-electron chi connectivity index (χ4n) is 2.87. The summed E-state index contributed by atoms with van der Waals surface area (Å²) < 4.78 is 5.96. The van der Waals surface area contributed by atoms with Crippen LogP contribution in [0.1, 0.15) is 24.0 Å². The lowest BCUT2D eigenvalue weighted by Crippen LogP contribution is -2.37. The van der Waals surface area contributed by atoms with Crippen molar-refractivity contribution in [3.05, 3.63) is 58.9 Å². The Morgan fingerprint density at radius 3 is 3.04 bits per heavy atom. The van der Waals surface area contributed by atoms with E-state index in [9.17, 15) is 5.11 Å². The van der Waals surface area contributed by atoms with Crippen LogP contribution in [0.4, 0.5) is 0 Å². The van der Waals surface area contributed by atoms with E-state index in [1.165, 1.54) is 0 Å². The molecule has 0 amide bonds. The van der Waals surface area contributed by atoms with E-state index in [0.717, 1.165) is 42.8 Å². The molecule has 122 valence electrons. The average Bonchev–Trinajstić information content (AvgIpc) is 2.55. The van der Waals surface area contributed by atoms with Gasteiger partial charge in [0.15, 0.2) is 0 Å². The minimum absolute atomic E-state index is 0.234. The van der Waals surface area contributed by atoms with E-state index in [4.69, 9.17) is 16.3 Å². The number of hydrogen-bond donors (Lipinski definition) is 1. The van der Waals surface area contributed by atoms with Crippen molar-refractivity contribution in [2.45, 2.75) is 32.1 Å². The molecule has 1 aromatic heterocycles. The summed E-state index contributed by atoms with van der Waals surface area (Å²) in [7, 11) is 0. The molecule has 0 spiro atoms. The molecule has 3 rings (SSSR count). The molecule has 1 aliphatic rings. The van der Waals surface area contributed by atoms with Crippen LogP contribution in [-0.4, -0.2) is 34.2 Å². The van der Waals surface area contributed by atoms with Crippen molar-refractivity contribution in [2.24, 2.45) is 0 Å². The molecule has 0 bridgehead atoms. The van der Waals surface area contributed by atoms with Gasteiger partial charge in [-0.15, -0.1) is 0 Å². The highest BCUT2D eigenvalue weighted by molar-refractivity contribution is 6.30. The molecule has 1 aliphatic heterocycles. The molecule has 5 heteroatoms. The number of β-amino-alcohol motifs (C(OH)–C–C–N with tert-alkyl or cyclic N) is 1. The highest BCUT2D eigenvalue weighted by atomic mass is 35.5. The molecule has 2 aromatic rings. The molecule has 0 radical (unpaired) electrons. The summed E-state index contributed by atoms with van der Waals surface area (Å²) in [6, 6.07) is 9.59. The highest BCUT2D eigenvalue weighted by Crippen LogP contribution is 2.26. The number of pyridine rings is 1. The molecule has 1 saturated heterocycles. The predicted molar refractivity (Wildman–Crippen MR) is 90.5 cm³/mol. The zero-order chi connectivity index (χ0) is 16.1. The number of halogens is 1. The van der Waals surface area contributed by atoms with Crippen molar-refractivity contribution in [3.63, 3.8) is 0 Å². The topological polar surface area (TPSA) is 45.6 Å². The van der Waals surface area contributed by atoms with Gasteiger partial charge in [0.05, 0.1) is 6.10 Å². The molecule has 1 aromatic carbocycles. The standard InChI is InChI=1S/C18H21ClN2O2/c19-16-5-6-18(23-13-14-3-1-7-20-10-14)15(9-16)11-21-8-2-4-17(22)12-21/h1,3,5-7,9-10,17,22H,2,4,8,11-13H2/t17-/m0/s1. The van der Waals surface area contributed by atoms with Gasteiger partial charge in [0, 0.05) is 41.6 Å². The number of rotatable bonds is 5. The minimum atomic E-state index is -0.234. The molecule has 23 heavy (non-hydrogen) atoms. The Morgan fingerprint density at radius 1 is 1.35 bits per heavy atom. The minimum Gasteiger partial charge on any atom is -0.489 e. The average molecular weight is 333 g/mol. The third-order valence-corrected chi connectivity index (χ3v) is 4.25. The Morgan fingerprint density at radius 2 is 2.26 bits per heavy atom. The Balaban J connectivity index is 1.69. The first-order valence-corrected chi connectivity index (χ1v) is 8.29. The van der Waals surface area contributed by atoms with Crippen LogP contribution < -0.4 is 4.74 Å². The molecular formula is C18H21ClN2O2. The summed E-state index contributed by atoms with van der Waals surface area (Å²) in [6.07, 6.45) is 5.22. The molecule has 0 saturated carbocycles. The van der Waals surface area contributed by atoms with Gasteiger partial charge >= 0.3 is 0 Å². The zero-order valence-electron chi connectivity index (χ0n) is 13.0. The number of aliphatic hydroxyl groups is 1. The zero-order valence-corrected chi connectivity index (χ0v) is 13.7. The Bertz CT molecular complexity index is 636. The fourth-order valence-corrected chi connectivity index (χ4v) is 3.07. The predicted octanol–water partition coefficient (Wildman–Crippen LogP) is 3.27. The monoisotopic (exact) mass is 332 g/mol. The van der Waals surface area contributed by atoms with Gasteiger partial charge in [-0.2, -0.15) is 0 Å². The van der Waals surface area contributed by atoms with E-state index >= 15 is 0 Å². The smallest absolute Gasteiger partial charge is 0.124 e. The van der Waals surface area contributed by atoms with Crippen LogP contribution in [0.2, 0.25) is 5.02 Å². The van der Waals surface area contributed by atoms with E-state index in [2.05, 4.69) is 9.88 Å². The highest BCUT2D eigenvalue weighted by Gasteiger charge is 2.19. The SMILES string of the molecule is O[C@H]1CCCN(Cc2cc(Cl)ccc2OCc2cccnc2)C1. The Hall–Kier alpha value is -1.62. The number of nitrogens with zero attached hydrogens (tertiary/aromatic N) is 2. The van der Waals surface area contributed by atoms with E-state index in [0.29, 0.717) is 18.2 Å². The summed E-state index contributed by atoms with van der Waals surface area (Å²) in [5, 5.41) is 10.5. The molecule has 0 unspecified atom stereocenters. The van der Waals surface area contributed by atoms with E-state index in [1.54, 1.807) is 12.4 Å². The van der Waals surface area contributed by atoms with Gasteiger partial charge in [0.2, 0.25) is 0 Å². The van der Waals surface area contributed by atoms with Gasteiger partial charge in [-0.25, -0.2) is 0 Å². The van der Waals surface area contributed by atoms with Crippen molar-refractivity contribution in [3.8, 4) is 5.75 Å². The van der Waals surface area contributed by atoms with Crippen LogP contribution in [0.5, 0.6) is 5.75 Å². The van der Waals surface area contributed by atoms with Gasteiger partial charge in [-0.3, -0.25) is 9.88 Å². The normalized spacial score (nSPS) is 18.8. The second-order valence-electron chi connectivity index (χ2n) is 5.93. The van der Waals surface area contributed by atoms with E-state index in [1.807, 2.05) is 30.3 Å². The first-order chi connectivity index (χ1) is 11.2. The first-order valence-electron chi connectivity index (χ1n) is 7.91. The van der Waals surface area contributed by atoms with E-state index in [-0.39, 0.29) is 6.10 Å². The quantitative estimate of drug-likeness (QED) is 0.912. The van der Waals surface area contributed by atoms with Crippen LogP contribution in [0.25, 0.3) is 0 Å². The summed E-state index contributed by atoms with van der Waals surface area (Å²) in [4.78, 5) is 6.35. The number of piperidine rings is 1. The second kappa shape index (κ2) is 7.77. The Labute approximate surface area is 141 Å². The van der Waals surface area contributed by atoms with Crippen molar-refractivity contribution < 1.29 is 9.84 Å². The van der Waals surface area contributed by atoms with Crippen LogP contribution in [0.3, 0.4) is 0 Å². The first kappa shape index (κ1) is 16.2. The molecule has 1 atom stereocenters. The van der Waals surface area contributed by atoms with Crippen LogP contribution in [0, 0.1) is 0 Å². The lowest BCUT2D eigenvalue weighted by atomic mass is 10.1. The van der Waals surface area contributed by atoms with Crippen LogP contribution in [-0.2, 0) is 13.2 Å². The number of ether oxygens (including phenoxy) is 1. The molecule has 1 N–H and O–H groups in total. The maximum atomic E-state index is 9.83. The lowest BCUT2D eigenvalue weighted by molar-refractivity contribution is 0.0662. The third-order valence-electron chi connectivity index (χ3n) is 4.01. The van der Waals surface area contributed by atoms with Crippen LogP contribution >= 0.6 is 11.6 Å². The molecule has 1 fully saturated rings. The number of aromatic nitrogens is 1. The maximum Gasteiger partial charge on any atom is 0.124 e. The summed E-state index contributed by atoms with van der Waals surface area (Å²) in [5.41, 5.74) is 2.08. The molecule has 2 heterocycles. The van der Waals surface area contributed by atoms with Gasteiger partial charge in [-0.05, 0) is 43.7 Å². The number of benzene rings is 1. The lowest BCUT2D eigenvalue weighted by Gasteiger charge is -2.30. The third kappa shape index (κ3) is 4.67. The number of likely N-dealkylation sites (tertiary alicyclic amines) is 1. The van der Waals surface area contributed by atoms with Gasteiger partial charge in [0.25, 0.3) is 0 Å². The Kier molecular flexibility index (Phi) is 5.49. The van der Waals surface area contributed by atoms with Crippen molar-refractivity contribution in [1.29, 1.82) is 0 Å². The largest absolute Gasteiger partial charge is 0.489 e. The maximum absolute atomic E-state index is 9.83. The van der Waals surface area contributed by atoms with Crippen molar-refractivity contribution >= 4 is 11.6 Å². The number of hydrogen-bond acceptors (Lipinski definition) is 4. The molecule has 0 aliphatic carbocycles. The number of aliphatic hydroxyl groups excluding tert-OH is 1. The molecular weight excluding hydrogens is 312 g/mol. The van der Waals surface area contributed by atoms with E-state index < -0.39 is 0 Å². The second-order valence-corrected chi connectivity index (χ2v) is 6.37. The summed E-state index contributed by atoms with van der Waals surface area (Å²) >= 11 is 6.15. The van der Waals surface area contributed by atoms with Crippen molar-refractivity contribution in [2.75, 3.05) is 13.1 Å². The summed E-state index contributed by atoms with van der Waals surface area (Å²) in [5.74, 6) is 0.832. The fraction of sp³-hybridized carbons (Fsp3) is 0.389. The van der Waals surface area contributed by atoms with Crippen LogP contribution in [0.15, 0.2) is 42.7 Å². The van der Waals surface area contributed by atoms with Crippen molar-refractivity contribution in [1.82, 2.24) is 9.88 Å². The summed E-state index contributed by atoms with van der Waals surface area (Å²) in [6.45, 7) is 2.91. The molecule has 4 nitrogen and oxygen atoms in total.